The highest BCUT2D eigenvalue weighted by molar-refractivity contribution is 14.1. The molecule has 1 aromatic heterocycles. The highest BCUT2D eigenvalue weighted by Gasteiger charge is 2.29. The summed E-state index contributed by atoms with van der Waals surface area (Å²) in [5, 5.41) is 1.73. The van der Waals surface area contributed by atoms with E-state index in [1.807, 2.05) is 23.5 Å². The molecule has 2 rings (SSSR count). The van der Waals surface area contributed by atoms with Crippen LogP contribution < -0.4 is 5.73 Å². The van der Waals surface area contributed by atoms with Gasteiger partial charge >= 0.3 is 0 Å². The average Bonchev–Trinajstić information content (AvgIpc) is 2.38. The quantitative estimate of drug-likeness (QED) is 0.768. The van der Waals surface area contributed by atoms with Crippen LogP contribution in [0.2, 0.25) is 0 Å². The van der Waals surface area contributed by atoms with Gasteiger partial charge in [0.05, 0.1) is 14.5 Å². The smallest absolute Gasteiger partial charge is 0.144 e. The zero-order valence-electron chi connectivity index (χ0n) is 11.5. The van der Waals surface area contributed by atoms with Gasteiger partial charge in [-0.3, -0.25) is 0 Å². The number of rotatable bonds is 3. The Morgan fingerprint density at radius 2 is 2.05 bits per heavy atom. The number of nitrogens with two attached hydrogens (primary N) is 1. The molecule has 0 bridgehead atoms. The fraction of sp³-hybridized carbons (Fsp3) is 0.692. The van der Waals surface area contributed by atoms with Crippen molar-refractivity contribution in [1.82, 2.24) is 9.97 Å². The lowest BCUT2D eigenvalue weighted by molar-refractivity contribution is 0.812. The molecule has 0 radical (unpaired) electrons. The van der Waals surface area contributed by atoms with Crippen molar-refractivity contribution in [2.75, 3.05) is 11.5 Å². The molecule has 3 unspecified atom stereocenters. The van der Waals surface area contributed by atoms with Crippen LogP contribution in [0.5, 0.6) is 0 Å². The molecule has 0 spiro atoms. The number of nitrogens with zero attached hydrogens (tertiary/aromatic N) is 2. The molecule has 3 nitrogen and oxygen atoms in total. The Morgan fingerprint density at radius 1 is 1.32 bits per heavy atom. The molecule has 2 N–H and O–H groups in total. The van der Waals surface area contributed by atoms with Crippen molar-refractivity contribution in [3.8, 4) is 0 Å². The van der Waals surface area contributed by atoms with Gasteiger partial charge in [-0.2, -0.15) is 11.8 Å². The first kappa shape index (κ1) is 15.7. The second kappa shape index (κ2) is 6.85. The van der Waals surface area contributed by atoms with Gasteiger partial charge in [0.25, 0.3) is 0 Å². The number of anilines is 1. The summed E-state index contributed by atoms with van der Waals surface area (Å²) in [6.07, 6.45) is 2.07. The van der Waals surface area contributed by atoms with Crippen LogP contribution in [0, 0.1) is 3.57 Å². The zero-order valence-corrected chi connectivity index (χ0v) is 15.3. The van der Waals surface area contributed by atoms with E-state index in [9.17, 15) is 0 Å². The number of thioether (sulfide) groups is 2. The summed E-state index contributed by atoms with van der Waals surface area (Å²) >= 11 is 6.26. The maximum Gasteiger partial charge on any atom is 0.144 e. The predicted octanol–water partition coefficient (Wildman–Crippen LogP) is 3.91. The first-order valence-corrected chi connectivity index (χ1v) is 9.68. The monoisotopic (exact) mass is 409 g/mol. The Labute approximate surface area is 137 Å². The number of hydrogen-bond acceptors (Lipinski definition) is 5. The maximum absolute atomic E-state index is 6.05. The molecule has 1 aliphatic rings. The van der Waals surface area contributed by atoms with Gasteiger partial charge in [-0.1, -0.05) is 27.2 Å². The average molecular weight is 409 g/mol. The van der Waals surface area contributed by atoms with E-state index in [2.05, 4.69) is 48.3 Å². The fourth-order valence-electron chi connectivity index (χ4n) is 2.00. The highest BCUT2D eigenvalue weighted by Crippen LogP contribution is 2.43. The van der Waals surface area contributed by atoms with Crippen molar-refractivity contribution < 1.29 is 0 Å². The van der Waals surface area contributed by atoms with E-state index < -0.39 is 0 Å². The van der Waals surface area contributed by atoms with Gasteiger partial charge in [-0.05, 0) is 29.0 Å². The summed E-state index contributed by atoms with van der Waals surface area (Å²) in [6.45, 7) is 6.75. The Morgan fingerprint density at radius 3 is 2.68 bits per heavy atom. The van der Waals surface area contributed by atoms with E-state index in [0.29, 0.717) is 21.6 Å². The minimum Gasteiger partial charge on any atom is -0.383 e. The molecular formula is C13H20IN3S2. The third kappa shape index (κ3) is 3.69. The maximum atomic E-state index is 6.05. The summed E-state index contributed by atoms with van der Waals surface area (Å²) in [4.78, 5) is 9.30. The van der Waals surface area contributed by atoms with Crippen molar-refractivity contribution in [2.24, 2.45) is 0 Å². The Kier molecular flexibility index (Phi) is 5.65. The van der Waals surface area contributed by atoms with Gasteiger partial charge in [0.15, 0.2) is 0 Å². The minimum absolute atomic E-state index is 0.381. The van der Waals surface area contributed by atoms with Crippen LogP contribution in [0.4, 0.5) is 5.82 Å². The van der Waals surface area contributed by atoms with Crippen molar-refractivity contribution in [3.05, 3.63) is 15.1 Å². The molecule has 19 heavy (non-hydrogen) atoms. The summed E-state index contributed by atoms with van der Waals surface area (Å²) in [5.41, 5.74) is 7.16. The third-order valence-corrected chi connectivity index (χ3v) is 7.85. The lowest BCUT2D eigenvalue weighted by Gasteiger charge is -2.30. The van der Waals surface area contributed by atoms with E-state index in [0.717, 1.165) is 33.7 Å². The number of aromatic nitrogens is 2. The molecule has 1 aliphatic heterocycles. The first-order valence-electron chi connectivity index (χ1n) is 6.61. The molecule has 0 aromatic carbocycles. The number of aryl methyl sites for hydroxylation is 1. The van der Waals surface area contributed by atoms with Crippen molar-refractivity contribution in [1.29, 1.82) is 0 Å². The normalized spacial score (nSPS) is 27.5. The van der Waals surface area contributed by atoms with Gasteiger partial charge < -0.3 is 5.73 Å². The highest BCUT2D eigenvalue weighted by atomic mass is 127. The molecule has 0 aliphatic carbocycles. The van der Waals surface area contributed by atoms with E-state index in [1.54, 1.807) is 0 Å². The van der Waals surface area contributed by atoms with Crippen LogP contribution in [0.25, 0.3) is 0 Å². The molecule has 106 valence electrons. The van der Waals surface area contributed by atoms with E-state index in [1.165, 1.54) is 0 Å². The molecule has 1 fully saturated rings. The van der Waals surface area contributed by atoms with Crippen LogP contribution in [-0.2, 0) is 6.42 Å². The second-order valence-corrected chi connectivity index (χ2v) is 8.92. The van der Waals surface area contributed by atoms with Gasteiger partial charge in [-0.15, -0.1) is 11.8 Å². The summed E-state index contributed by atoms with van der Waals surface area (Å²) in [6, 6.07) is 0. The lowest BCUT2D eigenvalue weighted by atomic mass is 10.2. The van der Waals surface area contributed by atoms with Gasteiger partial charge in [0.1, 0.15) is 11.6 Å². The molecule has 6 heteroatoms. The Balaban J connectivity index is 2.25. The van der Waals surface area contributed by atoms with Crippen molar-refractivity contribution >= 4 is 51.9 Å². The van der Waals surface area contributed by atoms with Crippen LogP contribution in [0.15, 0.2) is 0 Å². The molecular weight excluding hydrogens is 389 g/mol. The number of hydrogen-bond donors (Lipinski definition) is 1. The number of nitrogen functional groups attached to an aromatic ring is 1. The second-order valence-electron chi connectivity index (χ2n) is 4.85. The largest absolute Gasteiger partial charge is 0.383 e. The number of halogens is 1. The van der Waals surface area contributed by atoms with E-state index in [4.69, 9.17) is 10.7 Å². The SMILES string of the molecule is CCCc1nc(C2CSC(C)C(C)S2)nc(N)c1I. The molecule has 2 heterocycles. The Hall–Kier alpha value is 0.310. The van der Waals surface area contributed by atoms with Crippen LogP contribution in [-0.4, -0.2) is 26.2 Å². The lowest BCUT2D eigenvalue weighted by Crippen LogP contribution is -2.23. The van der Waals surface area contributed by atoms with Crippen LogP contribution >= 0.6 is 46.1 Å². The minimum atomic E-state index is 0.381. The molecule has 0 saturated carbocycles. The molecule has 1 saturated heterocycles. The van der Waals surface area contributed by atoms with Crippen LogP contribution in [0.1, 0.15) is 44.0 Å². The molecule has 3 atom stereocenters. The summed E-state index contributed by atoms with van der Waals surface area (Å²) in [7, 11) is 0. The predicted molar refractivity (Wildman–Crippen MR) is 94.9 cm³/mol. The fourth-order valence-corrected chi connectivity index (χ4v) is 5.35. The first-order chi connectivity index (χ1) is 9.02. The van der Waals surface area contributed by atoms with E-state index in [-0.39, 0.29) is 0 Å². The van der Waals surface area contributed by atoms with Crippen molar-refractivity contribution in [3.63, 3.8) is 0 Å². The zero-order chi connectivity index (χ0) is 14.0. The third-order valence-electron chi connectivity index (χ3n) is 3.29. The molecule has 0 amide bonds. The molecule has 1 aromatic rings. The topological polar surface area (TPSA) is 51.8 Å². The summed E-state index contributed by atoms with van der Waals surface area (Å²) in [5.74, 6) is 2.66. The standard InChI is InChI=1S/C13H20IN3S2/c1-4-5-9-11(14)12(15)17-13(16-9)10-6-18-7(2)8(3)19-10/h7-8,10H,4-6H2,1-3H3,(H2,15,16,17). The van der Waals surface area contributed by atoms with Gasteiger partial charge in [0.2, 0.25) is 0 Å². The van der Waals surface area contributed by atoms with Crippen molar-refractivity contribution in [2.45, 2.75) is 49.4 Å². The van der Waals surface area contributed by atoms with Gasteiger partial charge in [0, 0.05) is 16.3 Å². The van der Waals surface area contributed by atoms with E-state index >= 15 is 0 Å². The van der Waals surface area contributed by atoms with Gasteiger partial charge in [-0.25, -0.2) is 9.97 Å². The summed E-state index contributed by atoms with van der Waals surface area (Å²) < 4.78 is 1.03. The van der Waals surface area contributed by atoms with Crippen LogP contribution in [0.3, 0.4) is 0 Å². The Bertz CT molecular complexity index is 456.